The van der Waals surface area contributed by atoms with Gasteiger partial charge in [-0.1, -0.05) is 0 Å². The zero-order valence-corrected chi connectivity index (χ0v) is 7.57. The van der Waals surface area contributed by atoms with Crippen LogP contribution in [0.5, 0.6) is 0 Å². The number of halogens is 1. The van der Waals surface area contributed by atoms with Gasteiger partial charge in [-0.2, -0.15) is 0 Å². The number of aliphatic hydroxyl groups is 1. The third kappa shape index (κ3) is 1.46. The van der Waals surface area contributed by atoms with Gasteiger partial charge in [-0.05, 0) is 13.8 Å². The Morgan fingerprint density at radius 2 is 2.08 bits per heavy atom. The Balaban J connectivity index is 2.07. The topological polar surface area (TPSA) is 47.9 Å². The maximum Gasteiger partial charge on any atom is 0.190 e. The van der Waals surface area contributed by atoms with Gasteiger partial charge in [-0.3, -0.25) is 0 Å². The van der Waals surface area contributed by atoms with Crippen LogP contribution in [-0.4, -0.2) is 42.2 Å². The lowest BCUT2D eigenvalue weighted by Gasteiger charge is -2.20. The number of rotatable bonds is 1. The van der Waals surface area contributed by atoms with E-state index in [2.05, 4.69) is 0 Å². The molecule has 0 radical (unpaired) electrons. The van der Waals surface area contributed by atoms with Crippen molar-refractivity contribution in [3.05, 3.63) is 0 Å². The van der Waals surface area contributed by atoms with Gasteiger partial charge in [0.2, 0.25) is 0 Å². The summed E-state index contributed by atoms with van der Waals surface area (Å²) in [5.74, 6) is -0.792. The van der Waals surface area contributed by atoms with Crippen LogP contribution < -0.4 is 0 Å². The summed E-state index contributed by atoms with van der Waals surface area (Å²) in [6, 6.07) is 0. The smallest absolute Gasteiger partial charge is 0.190 e. The summed E-state index contributed by atoms with van der Waals surface area (Å²) in [7, 11) is 0. The Morgan fingerprint density at radius 1 is 1.38 bits per heavy atom. The molecule has 13 heavy (non-hydrogen) atoms. The summed E-state index contributed by atoms with van der Waals surface area (Å²) in [6.07, 6.45) is -3.50. The molecule has 2 aliphatic rings. The highest BCUT2D eigenvalue weighted by Crippen LogP contribution is 2.38. The van der Waals surface area contributed by atoms with Crippen LogP contribution in [0.2, 0.25) is 0 Å². The molecule has 0 aliphatic carbocycles. The maximum atomic E-state index is 13.4. The van der Waals surface area contributed by atoms with Gasteiger partial charge < -0.3 is 19.3 Å². The first kappa shape index (κ1) is 9.33. The first-order chi connectivity index (χ1) is 6.03. The molecule has 4 nitrogen and oxygen atoms in total. The number of hydrogen-bond donors (Lipinski definition) is 1. The van der Waals surface area contributed by atoms with Crippen molar-refractivity contribution < 1.29 is 23.7 Å². The molecule has 0 bridgehead atoms. The van der Waals surface area contributed by atoms with E-state index in [-0.39, 0.29) is 6.61 Å². The minimum Gasteiger partial charge on any atom is -0.394 e. The van der Waals surface area contributed by atoms with Gasteiger partial charge in [0, 0.05) is 0 Å². The van der Waals surface area contributed by atoms with E-state index in [0.29, 0.717) is 0 Å². The molecule has 0 aromatic carbocycles. The third-order valence-corrected chi connectivity index (χ3v) is 2.25. The first-order valence-corrected chi connectivity index (χ1v) is 4.29. The predicted molar refractivity (Wildman–Crippen MR) is 40.7 cm³/mol. The quantitative estimate of drug-likeness (QED) is 0.644. The molecule has 76 valence electrons. The first-order valence-electron chi connectivity index (χ1n) is 4.29. The van der Waals surface area contributed by atoms with Crippen LogP contribution in [0.25, 0.3) is 0 Å². The second-order valence-electron chi connectivity index (χ2n) is 3.77. The SMILES string of the molecule is CC1(C)O[C@@H]2O[C@H](CO)[C@@H](F)[C@@H]2O1. The van der Waals surface area contributed by atoms with E-state index in [0.717, 1.165) is 0 Å². The van der Waals surface area contributed by atoms with Crippen molar-refractivity contribution in [3.8, 4) is 0 Å². The predicted octanol–water partition coefficient (Wildman–Crippen LogP) is 0.193. The molecule has 4 atom stereocenters. The van der Waals surface area contributed by atoms with Gasteiger partial charge in [-0.15, -0.1) is 0 Å². The molecule has 0 spiro atoms. The van der Waals surface area contributed by atoms with Crippen LogP contribution in [0, 0.1) is 0 Å². The minimum atomic E-state index is -1.31. The van der Waals surface area contributed by atoms with E-state index < -0.39 is 30.5 Å². The fraction of sp³-hybridized carbons (Fsp3) is 1.00. The summed E-state index contributed by atoms with van der Waals surface area (Å²) in [5.41, 5.74) is 0. The highest BCUT2D eigenvalue weighted by molar-refractivity contribution is 4.92. The fourth-order valence-corrected chi connectivity index (χ4v) is 1.68. The highest BCUT2D eigenvalue weighted by atomic mass is 19.1. The van der Waals surface area contributed by atoms with Crippen LogP contribution in [-0.2, 0) is 14.2 Å². The monoisotopic (exact) mass is 192 g/mol. The molecule has 0 unspecified atom stereocenters. The Hall–Kier alpha value is -0.230. The molecular formula is C8H13FO4. The van der Waals surface area contributed by atoms with Crippen LogP contribution in [0.1, 0.15) is 13.8 Å². The third-order valence-electron chi connectivity index (χ3n) is 2.25. The van der Waals surface area contributed by atoms with E-state index in [1.807, 2.05) is 0 Å². The Kier molecular flexibility index (Phi) is 2.07. The van der Waals surface area contributed by atoms with Crippen molar-refractivity contribution in [2.45, 2.75) is 44.3 Å². The van der Waals surface area contributed by atoms with Crippen molar-refractivity contribution >= 4 is 0 Å². The normalized spacial score (nSPS) is 48.0. The van der Waals surface area contributed by atoms with Gasteiger partial charge in [0.1, 0.15) is 12.2 Å². The molecule has 1 N–H and O–H groups in total. The molecule has 0 aromatic heterocycles. The Morgan fingerprint density at radius 3 is 2.62 bits per heavy atom. The maximum absolute atomic E-state index is 13.4. The summed E-state index contributed by atoms with van der Waals surface area (Å²) < 4.78 is 29.1. The molecule has 2 aliphatic heterocycles. The molecule has 0 amide bonds. The van der Waals surface area contributed by atoms with Gasteiger partial charge in [0.15, 0.2) is 18.2 Å². The van der Waals surface area contributed by atoms with Gasteiger partial charge >= 0.3 is 0 Å². The molecule has 0 aromatic rings. The summed E-state index contributed by atoms with van der Waals surface area (Å²) in [5, 5.41) is 8.75. The largest absolute Gasteiger partial charge is 0.394 e. The van der Waals surface area contributed by atoms with Gasteiger partial charge in [0.25, 0.3) is 0 Å². The lowest BCUT2D eigenvalue weighted by molar-refractivity contribution is -0.214. The second kappa shape index (κ2) is 2.88. The van der Waals surface area contributed by atoms with Crippen LogP contribution >= 0.6 is 0 Å². The summed E-state index contributed by atoms with van der Waals surface area (Å²) >= 11 is 0. The zero-order chi connectivity index (χ0) is 9.64. The van der Waals surface area contributed by atoms with Crippen molar-refractivity contribution in [1.82, 2.24) is 0 Å². The number of fused-ring (bicyclic) bond motifs is 1. The average molecular weight is 192 g/mol. The standard InChI is InChI=1S/C8H13FO4/c1-8(2)12-6-5(9)4(3-10)11-7(6)13-8/h4-7,10H,3H2,1-2H3/t4-,5-,6+,7+/m1/s1. The van der Waals surface area contributed by atoms with E-state index in [1.165, 1.54) is 0 Å². The van der Waals surface area contributed by atoms with Crippen molar-refractivity contribution in [1.29, 1.82) is 0 Å². The van der Waals surface area contributed by atoms with E-state index in [1.54, 1.807) is 13.8 Å². The average Bonchev–Trinajstić information content (AvgIpc) is 2.47. The molecule has 0 saturated carbocycles. The lowest BCUT2D eigenvalue weighted by atomic mass is 10.2. The van der Waals surface area contributed by atoms with Gasteiger partial charge in [-0.25, -0.2) is 4.39 Å². The van der Waals surface area contributed by atoms with Crippen LogP contribution in [0.15, 0.2) is 0 Å². The summed E-state index contributed by atoms with van der Waals surface area (Å²) in [6.45, 7) is 3.06. The lowest BCUT2D eigenvalue weighted by Crippen LogP contribution is -2.33. The highest BCUT2D eigenvalue weighted by Gasteiger charge is 2.54. The Labute approximate surface area is 75.6 Å². The molecular weight excluding hydrogens is 179 g/mol. The second-order valence-corrected chi connectivity index (χ2v) is 3.77. The molecule has 2 fully saturated rings. The zero-order valence-electron chi connectivity index (χ0n) is 7.57. The molecule has 5 heteroatoms. The van der Waals surface area contributed by atoms with E-state index in [9.17, 15) is 4.39 Å². The van der Waals surface area contributed by atoms with Gasteiger partial charge in [0.05, 0.1) is 6.61 Å². The number of hydrogen-bond acceptors (Lipinski definition) is 4. The Bertz CT molecular complexity index is 208. The van der Waals surface area contributed by atoms with Crippen LogP contribution in [0.3, 0.4) is 0 Å². The summed E-state index contributed by atoms with van der Waals surface area (Å²) in [4.78, 5) is 0. The molecule has 2 rings (SSSR count). The fourth-order valence-electron chi connectivity index (χ4n) is 1.68. The van der Waals surface area contributed by atoms with Crippen molar-refractivity contribution in [3.63, 3.8) is 0 Å². The van der Waals surface area contributed by atoms with Crippen molar-refractivity contribution in [2.24, 2.45) is 0 Å². The van der Waals surface area contributed by atoms with E-state index in [4.69, 9.17) is 19.3 Å². The van der Waals surface area contributed by atoms with Crippen LogP contribution in [0.4, 0.5) is 4.39 Å². The molecule has 2 saturated heterocycles. The van der Waals surface area contributed by atoms with E-state index >= 15 is 0 Å². The number of ether oxygens (including phenoxy) is 3. The number of aliphatic hydroxyl groups excluding tert-OH is 1. The minimum absolute atomic E-state index is 0.346. The molecule has 2 heterocycles. The number of alkyl halides is 1. The van der Waals surface area contributed by atoms with Crippen molar-refractivity contribution in [2.75, 3.05) is 6.61 Å².